The highest BCUT2D eigenvalue weighted by atomic mass is 16.5. The molecule has 0 aliphatic heterocycles. The fourth-order valence-electron chi connectivity index (χ4n) is 2.48. The molecule has 0 saturated heterocycles. The van der Waals surface area contributed by atoms with Gasteiger partial charge in [-0.3, -0.25) is 9.78 Å². The second-order valence-electron chi connectivity index (χ2n) is 5.86. The number of rotatable bonds is 8. The van der Waals surface area contributed by atoms with Gasteiger partial charge in [-0.1, -0.05) is 18.2 Å². The predicted molar refractivity (Wildman–Crippen MR) is 103 cm³/mol. The van der Waals surface area contributed by atoms with Gasteiger partial charge in [0.25, 0.3) is 5.91 Å². The van der Waals surface area contributed by atoms with Crippen LogP contribution in [0.15, 0.2) is 61.2 Å². The number of benzene rings is 1. The zero-order valence-corrected chi connectivity index (χ0v) is 15.1. The van der Waals surface area contributed by atoms with Gasteiger partial charge in [0.15, 0.2) is 0 Å². The number of hydrogen-bond acceptors (Lipinski definition) is 6. The fraction of sp³-hybridized carbons (Fsp3) is 0.200. The molecule has 0 aliphatic rings. The van der Waals surface area contributed by atoms with Crippen molar-refractivity contribution in [2.45, 2.75) is 13.0 Å². The molecule has 0 saturated carbocycles. The van der Waals surface area contributed by atoms with E-state index in [1.165, 1.54) is 6.33 Å². The van der Waals surface area contributed by atoms with E-state index >= 15 is 0 Å². The van der Waals surface area contributed by atoms with Gasteiger partial charge >= 0.3 is 0 Å². The van der Waals surface area contributed by atoms with Crippen LogP contribution in [-0.4, -0.2) is 34.5 Å². The number of pyridine rings is 1. The molecule has 1 amide bonds. The third kappa shape index (κ3) is 5.50. The number of ether oxygens (including phenoxy) is 1. The third-order valence-electron chi connectivity index (χ3n) is 3.95. The number of aromatic nitrogens is 3. The number of hydrogen-bond donors (Lipinski definition) is 2. The Labute approximate surface area is 157 Å². The maximum atomic E-state index is 12.3. The summed E-state index contributed by atoms with van der Waals surface area (Å²) in [5.74, 6) is 1.18. The van der Waals surface area contributed by atoms with E-state index in [0.717, 1.165) is 23.3 Å². The van der Waals surface area contributed by atoms with Gasteiger partial charge in [0.1, 0.15) is 23.6 Å². The number of carbonyl (C=O) groups is 1. The highest BCUT2D eigenvalue weighted by Gasteiger charge is 2.08. The van der Waals surface area contributed by atoms with E-state index in [1.54, 1.807) is 25.6 Å². The number of nitrogens with zero attached hydrogens (tertiary/aromatic N) is 3. The topological polar surface area (TPSA) is 89.0 Å². The van der Waals surface area contributed by atoms with Crippen LogP contribution in [0, 0.1) is 0 Å². The van der Waals surface area contributed by atoms with Gasteiger partial charge in [0.2, 0.25) is 0 Å². The van der Waals surface area contributed by atoms with Crippen molar-refractivity contribution in [2.75, 3.05) is 19.0 Å². The summed E-state index contributed by atoms with van der Waals surface area (Å²) in [6, 6.07) is 13.3. The molecule has 3 aromatic rings. The van der Waals surface area contributed by atoms with Crippen molar-refractivity contribution in [2.24, 2.45) is 0 Å². The van der Waals surface area contributed by atoms with Crippen LogP contribution in [0.25, 0.3) is 0 Å². The Morgan fingerprint density at radius 1 is 1.11 bits per heavy atom. The number of amides is 1. The largest absolute Gasteiger partial charge is 0.497 e. The monoisotopic (exact) mass is 363 g/mol. The zero-order chi connectivity index (χ0) is 18.9. The number of nitrogens with one attached hydrogen (secondary N) is 2. The van der Waals surface area contributed by atoms with Crippen LogP contribution in [0.4, 0.5) is 5.82 Å². The van der Waals surface area contributed by atoms with Crippen molar-refractivity contribution >= 4 is 11.7 Å². The van der Waals surface area contributed by atoms with Crippen LogP contribution in [0.2, 0.25) is 0 Å². The normalized spacial score (nSPS) is 10.3. The number of methoxy groups -OCH3 is 1. The molecule has 0 bridgehead atoms. The minimum atomic E-state index is -0.227. The summed E-state index contributed by atoms with van der Waals surface area (Å²) in [6.45, 7) is 1.09. The molecule has 7 heteroatoms. The van der Waals surface area contributed by atoms with Crippen molar-refractivity contribution in [3.05, 3.63) is 78.0 Å². The lowest BCUT2D eigenvalue weighted by molar-refractivity contribution is 0.0949. The minimum absolute atomic E-state index is 0.227. The quantitative estimate of drug-likeness (QED) is 0.639. The fourth-order valence-corrected chi connectivity index (χ4v) is 2.48. The first-order valence-corrected chi connectivity index (χ1v) is 8.60. The summed E-state index contributed by atoms with van der Waals surface area (Å²) >= 11 is 0. The van der Waals surface area contributed by atoms with Gasteiger partial charge in [-0.2, -0.15) is 0 Å². The third-order valence-corrected chi connectivity index (χ3v) is 3.95. The average molecular weight is 363 g/mol. The summed E-state index contributed by atoms with van der Waals surface area (Å²) in [7, 11) is 1.64. The van der Waals surface area contributed by atoms with Crippen molar-refractivity contribution in [3.63, 3.8) is 0 Å². The lowest BCUT2D eigenvalue weighted by atomic mass is 10.1. The molecule has 2 heterocycles. The first-order valence-electron chi connectivity index (χ1n) is 8.60. The molecule has 1 aromatic carbocycles. The molecule has 138 valence electrons. The van der Waals surface area contributed by atoms with E-state index in [2.05, 4.69) is 25.6 Å². The highest BCUT2D eigenvalue weighted by molar-refractivity contribution is 5.92. The Kier molecular flexibility index (Phi) is 6.30. The van der Waals surface area contributed by atoms with Crippen molar-refractivity contribution in [3.8, 4) is 5.75 Å². The van der Waals surface area contributed by atoms with Gasteiger partial charge < -0.3 is 15.4 Å². The maximum Gasteiger partial charge on any atom is 0.270 e. The lowest BCUT2D eigenvalue weighted by Gasteiger charge is -2.08. The summed E-state index contributed by atoms with van der Waals surface area (Å²) in [6.07, 6.45) is 5.61. The van der Waals surface area contributed by atoms with Gasteiger partial charge in [0.05, 0.1) is 7.11 Å². The number of carbonyl (C=O) groups excluding carboxylic acids is 1. The first-order chi connectivity index (χ1) is 13.2. The zero-order valence-electron chi connectivity index (χ0n) is 15.1. The summed E-state index contributed by atoms with van der Waals surface area (Å²) in [4.78, 5) is 24.6. The van der Waals surface area contributed by atoms with Gasteiger partial charge in [-0.05, 0) is 35.7 Å². The van der Waals surface area contributed by atoms with Crippen molar-refractivity contribution in [1.29, 1.82) is 0 Å². The molecule has 27 heavy (non-hydrogen) atoms. The van der Waals surface area contributed by atoms with E-state index in [1.807, 2.05) is 36.4 Å². The first kappa shape index (κ1) is 18.3. The maximum absolute atomic E-state index is 12.3. The second-order valence-corrected chi connectivity index (χ2v) is 5.86. The summed E-state index contributed by atoms with van der Waals surface area (Å²) in [5, 5.41) is 6.04. The van der Waals surface area contributed by atoms with Crippen molar-refractivity contribution in [1.82, 2.24) is 20.3 Å². The van der Waals surface area contributed by atoms with Crippen LogP contribution in [0.1, 0.15) is 21.6 Å². The molecule has 0 spiro atoms. The molecule has 2 aromatic heterocycles. The molecule has 2 N–H and O–H groups in total. The summed E-state index contributed by atoms with van der Waals surface area (Å²) in [5.41, 5.74) is 2.48. The molecular weight excluding hydrogens is 342 g/mol. The Balaban J connectivity index is 1.50. The Hall–Kier alpha value is -3.48. The molecule has 0 radical (unpaired) electrons. The second kappa shape index (κ2) is 9.28. The molecule has 0 atom stereocenters. The summed E-state index contributed by atoms with van der Waals surface area (Å²) < 4.78 is 5.14. The lowest BCUT2D eigenvalue weighted by Crippen LogP contribution is -2.26. The molecule has 7 nitrogen and oxygen atoms in total. The molecule has 0 unspecified atom stereocenters. The van der Waals surface area contributed by atoms with Gasteiger partial charge in [-0.25, -0.2) is 9.97 Å². The molecular formula is C20H21N5O2. The van der Waals surface area contributed by atoms with Crippen LogP contribution in [0.5, 0.6) is 5.75 Å². The molecule has 0 aliphatic carbocycles. The smallest absolute Gasteiger partial charge is 0.270 e. The van der Waals surface area contributed by atoms with E-state index in [4.69, 9.17) is 4.74 Å². The van der Waals surface area contributed by atoms with E-state index in [0.29, 0.717) is 24.6 Å². The van der Waals surface area contributed by atoms with Crippen LogP contribution in [0.3, 0.4) is 0 Å². The highest BCUT2D eigenvalue weighted by Crippen LogP contribution is 2.11. The molecule has 0 fully saturated rings. The van der Waals surface area contributed by atoms with Crippen LogP contribution in [-0.2, 0) is 13.0 Å². The molecule has 3 rings (SSSR count). The van der Waals surface area contributed by atoms with E-state index < -0.39 is 0 Å². The van der Waals surface area contributed by atoms with Crippen LogP contribution >= 0.6 is 0 Å². The Morgan fingerprint density at radius 2 is 1.96 bits per heavy atom. The predicted octanol–water partition coefficient (Wildman–Crippen LogP) is 2.46. The van der Waals surface area contributed by atoms with Gasteiger partial charge in [0, 0.05) is 31.5 Å². The van der Waals surface area contributed by atoms with E-state index in [-0.39, 0.29) is 5.91 Å². The van der Waals surface area contributed by atoms with Crippen LogP contribution < -0.4 is 15.4 Å². The van der Waals surface area contributed by atoms with E-state index in [9.17, 15) is 4.79 Å². The minimum Gasteiger partial charge on any atom is -0.497 e. The Morgan fingerprint density at radius 3 is 2.70 bits per heavy atom. The number of anilines is 1. The standard InChI is InChI=1S/C20H21N5O2/c1-27-17-6-4-15(5-7-17)8-10-22-20(26)18-11-19(25-14-24-18)23-13-16-3-2-9-21-12-16/h2-7,9,11-12,14H,8,10,13H2,1H3,(H,22,26)(H,23,24,25). The van der Waals surface area contributed by atoms with Crippen molar-refractivity contribution < 1.29 is 9.53 Å². The SMILES string of the molecule is COc1ccc(CCNC(=O)c2cc(NCc3cccnc3)ncn2)cc1. The van der Waals surface area contributed by atoms with Gasteiger partial charge in [-0.15, -0.1) is 0 Å². The Bertz CT molecular complexity index is 869. The average Bonchev–Trinajstić information content (AvgIpc) is 2.73.